The molecular weight excluding hydrogens is 209 g/mol. The van der Waals surface area contributed by atoms with Gasteiger partial charge in [-0.05, 0) is 26.2 Å². The zero-order valence-corrected chi connectivity index (χ0v) is 9.70. The van der Waals surface area contributed by atoms with E-state index in [1.54, 1.807) is 0 Å². The molecule has 1 heterocycles. The molecule has 0 bridgehead atoms. The Morgan fingerprint density at radius 1 is 1.50 bits per heavy atom. The Balaban J connectivity index is 2.66. The van der Waals surface area contributed by atoms with Crippen molar-refractivity contribution in [1.82, 2.24) is 9.97 Å². The van der Waals surface area contributed by atoms with E-state index < -0.39 is 0 Å². The highest BCUT2D eigenvalue weighted by molar-refractivity contribution is 5.38. The second kappa shape index (κ2) is 6.37. The molecule has 16 heavy (non-hydrogen) atoms. The van der Waals surface area contributed by atoms with E-state index in [0.717, 1.165) is 6.42 Å². The molecule has 0 saturated heterocycles. The Morgan fingerprint density at radius 3 is 2.88 bits per heavy atom. The fourth-order valence-electron chi connectivity index (χ4n) is 1.46. The number of aliphatic hydroxyl groups is 1. The zero-order chi connectivity index (χ0) is 12.0. The quantitative estimate of drug-likeness (QED) is 0.777. The van der Waals surface area contributed by atoms with Gasteiger partial charge in [-0.3, -0.25) is 0 Å². The van der Waals surface area contributed by atoms with Crippen LogP contribution in [0.15, 0.2) is 6.33 Å². The topological polar surface area (TPSA) is 58.0 Å². The van der Waals surface area contributed by atoms with E-state index in [2.05, 4.69) is 15.3 Å². The summed E-state index contributed by atoms with van der Waals surface area (Å²) in [5.41, 5.74) is 0.423. The maximum atomic E-state index is 13.7. The number of hydrogen-bond donors (Lipinski definition) is 2. The van der Waals surface area contributed by atoms with Crippen molar-refractivity contribution in [2.24, 2.45) is 0 Å². The second-order valence-corrected chi connectivity index (χ2v) is 3.75. The Hall–Kier alpha value is -1.23. The first-order chi connectivity index (χ1) is 7.69. The van der Waals surface area contributed by atoms with Crippen LogP contribution >= 0.6 is 0 Å². The van der Waals surface area contributed by atoms with Gasteiger partial charge in [0.1, 0.15) is 6.33 Å². The number of nitrogens with one attached hydrogen (secondary N) is 1. The number of nitrogens with zero attached hydrogens (tertiary/aromatic N) is 2. The van der Waals surface area contributed by atoms with Crippen molar-refractivity contribution in [2.45, 2.75) is 39.2 Å². The van der Waals surface area contributed by atoms with Crippen molar-refractivity contribution in [3.05, 3.63) is 17.8 Å². The van der Waals surface area contributed by atoms with Crippen molar-refractivity contribution in [3.63, 3.8) is 0 Å². The van der Waals surface area contributed by atoms with Crippen molar-refractivity contribution in [2.75, 3.05) is 11.9 Å². The van der Waals surface area contributed by atoms with E-state index in [9.17, 15) is 4.39 Å². The lowest BCUT2D eigenvalue weighted by Gasteiger charge is -2.14. The zero-order valence-electron chi connectivity index (χ0n) is 9.70. The summed E-state index contributed by atoms with van der Waals surface area (Å²) in [4.78, 5) is 7.74. The van der Waals surface area contributed by atoms with Crippen molar-refractivity contribution in [1.29, 1.82) is 0 Å². The van der Waals surface area contributed by atoms with Gasteiger partial charge in [-0.1, -0.05) is 6.92 Å². The molecule has 0 fully saturated rings. The van der Waals surface area contributed by atoms with Crippen LogP contribution in [0.4, 0.5) is 10.2 Å². The number of halogens is 1. The van der Waals surface area contributed by atoms with Crippen LogP contribution in [-0.2, 0) is 6.42 Å². The van der Waals surface area contributed by atoms with Gasteiger partial charge >= 0.3 is 0 Å². The SMILES string of the molecule is CCc1ncnc(NC(C)CCCO)c1F. The maximum absolute atomic E-state index is 13.7. The highest BCUT2D eigenvalue weighted by Gasteiger charge is 2.11. The van der Waals surface area contributed by atoms with Crippen molar-refractivity contribution in [3.8, 4) is 0 Å². The van der Waals surface area contributed by atoms with Crippen LogP contribution in [0.1, 0.15) is 32.4 Å². The normalized spacial score (nSPS) is 12.5. The molecule has 0 amide bonds. The number of aryl methyl sites for hydroxylation is 1. The minimum absolute atomic E-state index is 0.0845. The third-order valence-electron chi connectivity index (χ3n) is 2.37. The summed E-state index contributed by atoms with van der Waals surface area (Å²) in [5.74, 6) is -0.127. The van der Waals surface area contributed by atoms with Crippen LogP contribution < -0.4 is 5.32 Å². The predicted octanol–water partition coefficient (Wildman–Crippen LogP) is 1.75. The van der Waals surface area contributed by atoms with Gasteiger partial charge in [-0.15, -0.1) is 0 Å². The predicted molar refractivity (Wildman–Crippen MR) is 60.8 cm³/mol. The molecule has 0 aromatic carbocycles. The third-order valence-corrected chi connectivity index (χ3v) is 2.37. The average Bonchev–Trinajstić information content (AvgIpc) is 2.29. The van der Waals surface area contributed by atoms with Gasteiger partial charge in [0.25, 0.3) is 0 Å². The first kappa shape index (κ1) is 12.8. The third kappa shape index (κ3) is 3.41. The summed E-state index contributed by atoms with van der Waals surface area (Å²) in [6, 6.07) is 0.0845. The van der Waals surface area contributed by atoms with E-state index in [1.165, 1.54) is 6.33 Å². The highest BCUT2D eigenvalue weighted by atomic mass is 19.1. The molecule has 1 aromatic heterocycles. The molecule has 0 spiro atoms. The summed E-state index contributed by atoms with van der Waals surface area (Å²) in [6.45, 7) is 3.94. The number of hydrogen-bond acceptors (Lipinski definition) is 4. The smallest absolute Gasteiger partial charge is 0.186 e. The van der Waals surface area contributed by atoms with E-state index in [-0.39, 0.29) is 24.3 Å². The molecule has 0 aliphatic rings. The first-order valence-corrected chi connectivity index (χ1v) is 5.55. The molecule has 0 aliphatic carbocycles. The van der Waals surface area contributed by atoms with E-state index in [1.807, 2.05) is 13.8 Å². The second-order valence-electron chi connectivity index (χ2n) is 3.75. The standard InChI is InChI=1S/C11H18FN3O/c1-3-9-10(12)11(14-7-13-9)15-8(2)5-4-6-16/h7-8,16H,3-6H2,1-2H3,(H,13,14,15). The van der Waals surface area contributed by atoms with E-state index in [0.29, 0.717) is 18.5 Å². The number of rotatable bonds is 6. The van der Waals surface area contributed by atoms with Gasteiger partial charge in [0.15, 0.2) is 11.6 Å². The van der Waals surface area contributed by atoms with Crippen LogP contribution in [0.3, 0.4) is 0 Å². The molecule has 90 valence electrons. The van der Waals surface area contributed by atoms with Crippen LogP contribution in [0, 0.1) is 5.82 Å². The monoisotopic (exact) mass is 227 g/mol. The largest absolute Gasteiger partial charge is 0.396 e. The summed E-state index contributed by atoms with van der Waals surface area (Å²) in [7, 11) is 0. The molecule has 1 unspecified atom stereocenters. The molecule has 0 saturated carbocycles. The van der Waals surface area contributed by atoms with E-state index in [4.69, 9.17) is 5.11 Å². The van der Waals surface area contributed by atoms with Crippen molar-refractivity contribution < 1.29 is 9.50 Å². The molecule has 0 aliphatic heterocycles. The molecule has 4 nitrogen and oxygen atoms in total. The minimum Gasteiger partial charge on any atom is -0.396 e. The first-order valence-electron chi connectivity index (χ1n) is 5.55. The maximum Gasteiger partial charge on any atom is 0.186 e. The van der Waals surface area contributed by atoms with Gasteiger partial charge in [0.2, 0.25) is 0 Å². The van der Waals surface area contributed by atoms with Gasteiger partial charge in [0, 0.05) is 12.6 Å². The number of anilines is 1. The molecule has 1 atom stereocenters. The lowest BCUT2D eigenvalue weighted by atomic mass is 10.2. The van der Waals surface area contributed by atoms with E-state index >= 15 is 0 Å². The van der Waals surface area contributed by atoms with Crippen LogP contribution in [0.2, 0.25) is 0 Å². The van der Waals surface area contributed by atoms with Crippen LogP contribution in [0.25, 0.3) is 0 Å². The van der Waals surface area contributed by atoms with Crippen LogP contribution in [-0.4, -0.2) is 27.7 Å². The molecule has 1 aromatic rings. The van der Waals surface area contributed by atoms with Gasteiger partial charge < -0.3 is 10.4 Å². The Labute approximate surface area is 94.9 Å². The summed E-state index contributed by atoms with van der Waals surface area (Å²) in [5, 5.41) is 11.7. The highest BCUT2D eigenvalue weighted by Crippen LogP contribution is 2.15. The Morgan fingerprint density at radius 2 is 2.25 bits per heavy atom. The Bertz CT molecular complexity index is 333. The van der Waals surface area contributed by atoms with Crippen molar-refractivity contribution >= 4 is 5.82 Å². The summed E-state index contributed by atoms with van der Waals surface area (Å²) >= 11 is 0. The minimum atomic E-state index is -0.374. The molecule has 2 N–H and O–H groups in total. The number of aromatic nitrogens is 2. The lowest BCUT2D eigenvalue weighted by Crippen LogP contribution is -2.18. The summed E-state index contributed by atoms with van der Waals surface area (Å²) in [6.07, 6.45) is 3.39. The van der Waals surface area contributed by atoms with Gasteiger partial charge in [-0.2, -0.15) is 0 Å². The fourth-order valence-corrected chi connectivity index (χ4v) is 1.46. The molecule has 0 radical (unpaired) electrons. The molecule has 1 rings (SSSR count). The van der Waals surface area contributed by atoms with Gasteiger partial charge in [0.05, 0.1) is 5.69 Å². The average molecular weight is 227 g/mol. The van der Waals surface area contributed by atoms with Gasteiger partial charge in [-0.25, -0.2) is 14.4 Å². The fraction of sp³-hybridized carbons (Fsp3) is 0.636. The summed E-state index contributed by atoms with van der Waals surface area (Å²) < 4.78 is 13.7. The Kier molecular flexibility index (Phi) is 5.11. The molecular formula is C11H18FN3O. The lowest BCUT2D eigenvalue weighted by molar-refractivity contribution is 0.282. The molecule has 5 heteroatoms. The number of aliphatic hydroxyl groups excluding tert-OH is 1. The van der Waals surface area contributed by atoms with Crippen LogP contribution in [0.5, 0.6) is 0 Å².